The van der Waals surface area contributed by atoms with E-state index in [0.29, 0.717) is 5.78 Å². The van der Waals surface area contributed by atoms with E-state index in [9.17, 15) is 4.79 Å². The van der Waals surface area contributed by atoms with Gasteiger partial charge in [0.25, 0.3) is 0 Å². The molecule has 0 amide bonds. The molecule has 0 spiro atoms. The van der Waals surface area contributed by atoms with Gasteiger partial charge in [0.1, 0.15) is 11.5 Å². The first-order valence-electron chi connectivity index (χ1n) is 5.72. The second-order valence-electron chi connectivity index (χ2n) is 4.82. The fourth-order valence-electron chi connectivity index (χ4n) is 2.25. The van der Waals surface area contributed by atoms with Crippen molar-refractivity contribution in [1.29, 1.82) is 0 Å². The number of carbonyl (C=O) groups is 1. The van der Waals surface area contributed by atoms with Crippen molar-refractivity contribution in [2.24, 2.45) is 5.41 Å². The van der Waals surface area contributed by atoms with E-state index in [1.807, 2.05) is 13.0 Å². The summed E-state index contributed by atoms with van der Waals surface area (Å²) in [6.07, 6.45) is 2.98. The molecular weight excluding hydrogens is 200 g/mol. The summed E-state index contributed by atoms with van der Waals surface area (Å²) in [5.41, 5.74) is 2.34. The number of hydrogen-bond donors (Lipinski definition) is 0. The Hall–Kier alpha value is -1.31. The molecule has 0 heterocycles. The molecule has 1 saturated carbocycles. The number of rotatable bonds is 4. The zero-order valence-corrected chi connectivity index (χ0v) is 10.2. The Labute approximate surface area is 96.6 Å². The van der Waals surface area contributed by atoms with Crippen LogP contribution in [0.3, 0.4) is 0 Å². The topological polar surface area (TPSA) is 26.3 Å². The largest absolute Gasteiger partial charge is 0.496 e. The quantitative estimate of drug-likeness (QED) is 0.776. The first-order valence-corrected chi connectivity index (χ1v) is 5.72. The predicted molar refractivity (Wildman–Crippen MR) is 63.8 cm³/mol. The molecule has 1 aromatic carbocycles. The molecule has 0 radical (unpaired) electrons. The fourth-order valence-corrected chi connectivity index (χ4v) is 2.25. The second kappa shape index (κ2) is 3.93. The van der Waals surface area contributed by atoms with Crippen LogP contribution in [0.15, 0.2) is 18.2 Å². The minimum atomic E-state index is -0.0406. The monoisotopic (exact) mass is 218 g/mol. The molecule has 0 aliphatic heterocycles. The maximum Gasteiger partial charge on any atom is 0.136 e. The maximum absolute atomic E-state index is 11.5. The number of aryl methyl sites for hydroxylation is 1. The van der Waals surface area contributed by atoms with Crippen LogP contribution in [0.2, 0.25) is 0 Å². The van der Waals surface area contributed by atoms with Crippen LogP contribution in [0.25, 0.3) is 0 Å². The summed E-state index contributed by atoms with van der Waals surface area (Å²) >= 11 is 0. The van der Waals surface area contributed by atoms with Crippen LogP contribution in [-0.4, -0.2) is 12.9 Å². The van der Waals surface area contributed by atoms with E-state index < -0.39 is 0 Å². The minimum Gasteiger partial charge on any atom is -0.496 e. The molecule has 16 heavy (non-hydrogen) atoms. The van der Waals surface area contributed by atoms with Crippen molar-refractivity contribution in [3.63, 3.8) is 0 Å². The molecule has 1 aromatic rings. The van der Waals surface area contributed by atoms with Gasteiger partial charge in [0.05, 0.1) is 7.11 Å². The third kappa shape index (κ3) is 1.97. The first kappa shape index (κ1) is 11.2. The predicted octanol–water partition coefficient (Wildman–Crippen LogP) is 2.92. The summed E-state index contributed by atoms with van der Waals surface area (Å²) in [6.45, 7) is 3.75. The molecule has 0 saturated heterocycles. The van der Waals surface area contributed by atoms with Crippen molar-refractivity contribution in [1.82, 2.24) is 0 Å². The number of ether oxygens (including phenoxy) is 1. The van der Waals surface area contributed by atoms with Gasteiger partial charge in [-0.3, -0.25) is 4.79 Å². The highest BCUT2D eigenvalue weighted by Gasteiger charge is 2.46. The Morgan fingerprint density at radius 3 is 2.56 bits per heavy atom. The molecule has 0 N–H and O–H groups in total. The molecular formula is C14H18O2. The molecule has 0 unspecified atom stereocenters. The van der Waals surface area contributed by atoms with Crippen molar-refractivity contribution in [2.45, 2.75) is 33.1 Å². The van der Waals surface area contributed by atoms with Crippen LogP contribution >= 0.6 is 0 Å². The highest BCUT2D eigenvalue weighted by Crippen LogP contribution is 2.49. The Kier molecular flexibility index (Phi) is 2.75. The lowest BCUT2D eigenvalue weighted by atomic mass is 9.92. The van der Waals surface area contributed by atoms with E-state index in [0.717, 1.165) is 30.6 Å². The second-order valence-corrected chi connectivity index (χ2v) is 4.82. The normalized spacial score (nSPS) is 16.9. The average molecular weight is 218 g/mol. The van der Waals surface area contributed by atoms with E-state index in [1.165, 1.54) is 5.56 Å². The number of benzene rings is 1. The van der Waals surface area contributed by atoms with Crippen molar-refractivity contribution in [3.8, 4) is 5.75 Å². The van der Waals surface area contributed by atoms with Crippen molar-refractivity contribution in [2.75, 3.05) is 7.11 Å². The van der Waals surface area contributed by atoms with Crippen LogP contribution in [0.4, 0.5) is 0 Å². The molecule has 2 nitrogen and oxygen atoms in total. The molecule has 0 aromatic heterocycles. The summed E-state index contributed by atoms with van der Waals surface area (Å²) in [6, 6.07) is 6.18. The molecule has 1 aliphatic rings. The van der Waals surface area contributed by atoms with Gasteiger partial charge in [-0.2, -0.15) is 0 Å². The molecule has 2 rings (SSSR count). The molecule has 1 aliphatic carbocycles. The minimum absolute atomic E-state index is 0.0406. The summed E-state index contributed by atoms with van der Waals surface area (Å²) in [5, 5.41) is 0. The van der Waals surface area contributed by atoms with Gasteiger partial charge in [-0.1, -0.05) is 12.1 Å². The number of Topliss-reactive ketones (excluding diaryl/α,β-unsaturated/α-hetero) is 1. The summed E-state index contributed by atoms with van der Waals surface area (Å²) in [5.74, 6) is 1.25. The number of ketones is 1. The Morgan fingerprint density at radius 1 is 1.44 bits per heavy atom. The lowest BCUT2D eigenvalue weighted by Crippen LogP contribution is -2.15. The Balaban J connectivity index is 2.17. The maximum atomic E-state index is 11.5. The van der Waals surface area contributed by atoms with E-state index >= 15 is 0 Å². The van der Waals surface area contributed by atoms with Crippen LogP contribution in [-0.2, 0) is 11.2 Å². The SMILES string of the molecule is COc1ccc(CC2(C(C)=O)CC2)cc1C. The van der Waals surface area contributed by atoms with Crippen molar-refractivity contribution in [3.05, 3.63) is 29.3 Å². The highest BCUT2D eigenvalue weighted by molar-refractivity contribution is 5.85. The van der Waals surface area contributed by atoms with Gasteiger partial charge in [0.15, 0.2) is 0 Å². The standard InChI is InChI=1S/C14H18O2/c1-10-8-12(4-5-13(10)16-3)9-14(6-7-14)11(2)15/h4-5,8H,6-7,9H2,1-3H3. The zero-order chi connectivity index (χ0) is 11.8. The van der Waals surface area contributed by atoms with Crippen LogP contribution in [0.1, 0.15) is 30.9 Å². The van der Waals surface area contributed by atoms with Gasteiger partial charge < -0.3 is 4.74 Å². The Bertz CT molecular complexity index is 417. The highest BCUT2D eigenvalue weighted by atomic mass is 16.5. The summed E-state index contributed by atoms with van der Waals surface area (Å²) < 4.78 is 5.23. The molecule has 86 valence electrons. The van der Waals surface area contributed by atoms with Gasteiger partial charge >= 0.3 is 0 Å². The van der Waals surface area contributed by atoms with E-state index in [2.05, 4.69) is 12.1 Å². The zero-order valence-electron chi connectivity index (χ0n) is 10.2. The van der Waals surface area contributed by atoms with Crippen molar-refractivity contribution < 1.29 is 9.53 Å². The third-order valence-electron chi connectivity index (χ3n) is 3.60. The van der Waals surface area contributed by atoms with E-state index in [-0.39, 0.29) is 5.41 Å². The average Bonchev–Trinajstić information content (AvgIpc) is 2.99. The lowest BCUT2D eigenvalue weighted by Gasteiger charge is -2.12. The third-order valence-corrected chi connectivity index (χ3v) is 3.60. The van der Waals surface area contributed by atoms with Crippen LogP contribution in [0.5, 0.6) is 5.75 Å². The number of methoxy groups -OCH3 is 1. The smallest absolute Gasteiger partial charge is 0.136 e. The van der Waals surface area contributed by atoms with Gasteiger partial charge in [0.2, 0.25) is 0 Å². The van der Waals surface area contributed by atoms with Crippen LogP contribution in [0, 0.1) is 12.3 Å². The van der Waals surface area contributed by atoms with Gasteiger partial charge in [-0.15, -0.1) is 0 Å². The van der Waals surface area contributed by atoms with Crippen LogP contribution < -0.4 is 4.74 Å². The van der Waals surface area contributed by atoms with Gasteiger partial charge in [-0.05, 0) is 50.3 Å². The van der Waals surface area contributed by atoms with E-state index in [1.54, 1.807) is 14.0 Å². The van der Waals surface area contributed by atoms with E-state index in [4.69, 9.17) is 4.74 Å². The summed E-state index contributed by atoms with van der Waals surface area (Å²) in [7, 11) is 1.68. The molecule has 0 bridgehead atoms. The summed E-state index contributed by atoms with van der Waals surface area (Å²) in [4.78, 5) is 11.5. The fraction of sp³-hybridized carbons (Fsp3) is 0.500. The number of carbonyl (C=O) groups excluding carboxylic acids is 1. The van der Waals surface area contributed by atoms with Crippen molar-refractivity contribution >= 4 is 5.78 Å². The van der Waals surface area contributed by atoms with Gasteiger partial charge in [0, 0.05) is 5.41 Å². The molecule has 1 fully saturated rings. The lowest BCUT2D eigenvalue weighted by molar-refractivity contribution is -0.121. The Morgan fingerprint density at radius 2 is 2.12 bits per heavy atom. The van der Waals surface area contributed by atoms with Gasteiger partial charge in [-0.25, -0.2) is 0 Å². The molecule has 0 atom stereocenters. The first-order chi connectivity index (χ1) is 7.57. The molecule has 2 heteroatoms. The number of hydrogen-bond acceptors (Lipinski definition) is 2.